The molecule has 1 aliphatic carbocycles. The van der Waals surface area contributed by atoms with Crippen molar-refractivity contribution in [2.24, 2.45) is 5.41 Å². The van der Waals surface area contributed by atoms with Crippen molar-refractivity contribution < 1.29 is 0 Å². The summed E-state index contributed by atoms with van der Waals surface area (Å²) in [6, 6.07) is 0. The number of hydrogen-bond acceptors (Lipinski definition) is 2. The third kappa shape index (κ3) is 2.78. The van der Waals surface area contributed by atoms with Gasteiger partial charge in [-0.15, -0.1) is 0 Å². The molecule has 0 radical (unpaired) electrons. The molecule has 0 atom stereocenters. The van der Waals surface area contributed by atoms with Gasteiger partial charge in [-0.25, -0.2) is 0 Å². The van der Waals surface area contributed by atoms with Gasteiger partial charge in [0.05, 0.1) is 0 Å². The predicted molar refractivity (Wildman–Crippen MR) is 69.7 cm³/mol. The van der Waals surface area contributed by atoms with Crippen LogP contribution in [0.4, 0.5) is 0 Å². The van der Waals surface area contributed by atoms with E-state index in [2.05, 4.69) is 31.0 Å². The molecule has 2 nitrogen and oxygen atoms in total. The quantitative estimate of drug-likeness (QED) is 0.793. The Morgan fingerprint density at radius 2 is 1.94 bits per heavy atom. The normalized spacial score (nSPS) is 29.4. The van der Waals surface area contributed by atoms with Crippen molar-refractivity contribution in [2.75, 3.05) is 26.2 Å². The average Bonchev–Trinajstić information content (AvgIpc) is 2.33. The van der Waals surface area contributed by atoms with Crippen LogP contribution < -0.4 is 5.32 Å². The summed E-state index contributed by atoms with van der Waals surface area (Å²) < 4.78 is 0. The van der Waals surface area contributed by atoms with Crippen molar-refractivity contribution in [1.82, 2.24) is 10.2 Å². The van der Waals surface area contributed by atoms with E-state index in [1.807, 2.05) is 0 Å². The molecule has 2 rings (SSSR count). The summed E-state index contributed by atoms with van der Waals surface area (Å²) in [6.45, 7) is 12.1. The Kier molecular flexibility index (Phi) is 3.60. The minimum Gasteiger partial charge on any atom is -0.310 e. The predicted octanol–water partition coefficient (Wildman–Crippen LogP) is 2.64. The van der Waals surface area contributed by atoms with Gasteiger partial charge in [-0.3, -0.25) is 0 Å². The molecule has 16 heavy (non-hydrogen) atoms. The van der Waals surface area contributed by atoms with E-state index >= 15 is 0 Å². The van der Waals surface area contributed by atoms with Gasteiger partial charge in [-0.05, 0) is 58.0 Å². The molecule has 2 fully saturated rings. The highest BCUT2D eigenvalue weighted by Crippen LogP contribution is 2.44. The first-order valence-corrected chi connectivity index (χ1v) is 7.03. The van der Waals surface area contributed by atoms with Crippen molar-refractivity contribution in [1.29, 1.82) is 0 Å². The van der Waals surface area contributed by atoms with E-state index in [0.29, 0.717) is 11.0 Å². The fourth-order valence-corrected chi connectivity index (χ4v) is 3.33. The topological polar surface area (TPSA) is 15.3 Å². The lowest BCUT2D eigenvalue weighted by molar-refractivity contribution is 0.0562. The Labute approximate surface area is 101 Å². The third-order valence-electron chi connectivity index (χ3n) is 4.60. The highest BCUT2D eigenvalue weighted by molar-refractivity contribution is 4.92. The first-order chi connectivity index (χ1) is 7.55. The van der Waals surface area contributed by atoms with E-state index in [9.17, 15) is 0 Å². The van der Waals surface area contributed by atoms with Crippen LogP contribution >= 0.6 is 0 Å². The molecule has 0 aromatic carbocycles. The minimum atomic E-state index is 0.301. The summed E-state index contributed by atoms with van der Waals surface area (Å²) in [5.41, 5.74) is 0.982. The summed E-state index contributed by atoms with van der Waals surface area (Å²) in [4.78, 5) is 2.71. The Morgan fingerprint density at radius 1 is 1.19 bits per heavy atom. The van der Waals surface area contributed by atoms with Crippen LogP contribution in [-0.2, 0) is 0 Å². The molecule has 1 saturated carbocycles. The number of rotatable bonds is 3. The van der Waals surface area contributed by atoms with Gasteiger partial charge >= 0.3 is 0 Å². The van der Waals surface area contributed by atoms with Crippen LogP contribution in [0.1, 0.15) is 52.9 Å². The molecule has 0 amide bonds. The van der Waals surface area contributed by atoms with E-state index in [4.69, 9.17) is 0 Å². The van der Waals surface area contributed by atoms with Crippen molar-refractivity contribution in [3.8, 4) is 0 Å². The first-order valence-electron chi connectivity index (χ1n) is 7.03. The Balaban J connectivity index is 1.92. The second kappa shape index (κ2) is 4.66. The van der Waals surface area contributed by atoms with E-state index in [1.165, 1.54) is 58.3 Å². The van der Waals surface area contributed by atoms with Gasteiger partial charge < -0.3 is 10.2 Å². The van der Waals surface area contributed by atoms with Crippen LogP contribution in [0.15, 0.2) is 0 Å². The molecular weight excluding hydrogens is 196 g/mol. The lowest BCUT2D eigenvalue weighted by Crippen LogP contribution is -2.50. The van der Waals surface area contributed by atoms with Crippen LogP contribution in [0, 0.1) is 5.41 Å². The van der Waals surface area contributed by atoms with Gasteiger partial charge in [0.15, 0.2) is 0 Å². The molecule has 0 aromatic heterocycles. The zero-order valence-corrected chi connectivity index (χ0v) is 11.3. The van der Waals surface area contributed by atoms with Crippen molar-refractivity contribution in [3.63, 3.8) is 0 Å². The van der Waals surface area contributed by atoms with Crippen molar-refractivity contribution in [3.05, 3.63) is 0 Å². The van der Waals surface area contributed by atoms with Gasteiger partial charge in [0.2, 0.25) is 0 Å². The fraction of sp³-hybridized carbons (Fsp3) is 1.00. The lowest BCUT2D eigenvalue weighted by atomic mass is 9.66. The maximum atomic E-state index is 3.65. The lowest BCUT2D eigenvalue weighted by Gasteiger charge is -2.45. The summed E-state index contributed by atoms with van der Waals surface area (Å²) in [5, 5.41) is 3.65. The molecule has 94 valence electrons. The summed E-state index contributed by atoms with van der Waals surface area (Å²) in [6.07, 6.45) is 7.08. The maximum absolute atomic E-state index is 3.65. The standard InChI is InChI=1S/C14H28N2/c1-4-14(7-5-8-14)12-16-10-6-9-15-13(2,3)11-16/h15H,4-12H2,1-3H3. The Hall–Kier alpha value is -0.0800. The van der Waals surface area contributed by atoms with E-state index in [-0.39, 0.29) is 0 Å². The smallest absolute Gasteiger partial charge is 0.0252 e. The van der Waals surface area contributed by atoms with Gasteiger partial charge in [0, 0.05) is 18.6 Å². The van der Waals surface area contributed by atoms with Gasteiger partial charge in [0.1, 0.15) is 0 Å². The van der Waals surface area contributed by atoms with Crippen LogP contribution in [0.25, 0.3) is 0 Å². The van der Waals surface area contributed by atoms with Gasteiger partial charge in [0.25, 0.3) is 0 Å². The first kappa shape index (κ1) is 12.4. The second-order valence-corrected chi connectivity index (χ2v) is 6.58. The third-order valence-corrected chi connectivity index (χ3v) is 4.60. The van der Waals surface area contributed by atoms with E-state index in [0.717, 1.165) is 0 Å². The number of hydrogen-bond donors (Lipinski definition) is 1. The van der Waals surface area contributed by atoms with Crippen LogP contribution in [0.5, 0.6) is 0 Å². The molecule has 2 heteroatoms. The molecule has 0 unspecified atom stereocenters. The molecule has 0 spiro atoms. The molecule has 1 heterocycles. The highest BCUT2D eigenvalue weighted by Gasteiger charge is 2.37. The summed E-state index contributed by atoms with van der Waals surface area (Å²) in [7, 11) is 0. The Bertz CT molecular complexity index is 225. The van der Waals surface area contributed by atoms with E-state index in [1.54, 1.807) is 0 Å². The highest BCUT2D eigenvalue weighted by atomic mass is 15.2. The molecular formula is C14H28N2. The second-order valence-electron chi connectivity index (χ2n) is 6.58. The monoisotopic (exact) mass is 224 g/mol. The number of nitrogens with one attached hydrogen (secondary N) is 1. The zero-order chi connectivity index (χ0) is 11.6. The molecule has 2 aliphatic rings. The van der Waals surface area contributed by atoms with Gasteiger partial charge in [-0.1, -0.05) is 13.3 Å². The summed E-state index contributed by atoms with van der Waals surface area (Å²) >= 11 is 0. The molecule has 1 aliphatic heterocycles. The van der Waals surface area contributed by atoms with Gasteiger partial charge in [-0.2, -0.15) is 0 Å². The molecule has 0 aromatic rings. The van der Waals surface area contributed by atoms with E-state index < -0.39 is 0 Å². The Morgan fingerprint density at radius 3 is 2.50 bits per heavy atom. The zero-order valence-electron chi connectivity index (χ0n) is 11.3. The largest absolute Gasteiger partial charge is 0.310 e. The molecule has 1 N–H and O–H groups in total. The maximum Gasteiger partial charge on any atom is 0.0252 e. The number of nitrogens with zero attached hydrogens (tertiary/aromatic N) is 1. The van der Waals surface area contributed by atoms with Crippen LogP contribution in [0.2, 0.25) is 0 Å². The minimum absolute atomic E-state index is 0.301. The molecule has 1 saturated heterocycles. The van der Waals surface area contributed by atoms with Crippen LogP contribution in [-0.4, -0.2) is 36.6 Å². The fourth-order valence-electron chi connectivity index (χ4n) is 3.33. The molecule has 0 bridgehead atoms. The SMILES string of the molecule is CCC1(CN2CCCNC(C)(C)C2)CCC1. The van der Waals surface area contributed by atoms with Crippen LogP contribution in [0.3, 0.4) is 0 Å². The van der Waals surface area contributed by atoms with Crippen molar-refractivity contribution >= 4 is 0 Å². The van der Waals surface area contributed by atoms with Crippen molar-refractivity contribution in [2.45, 2.75) is 58.4 Å². The average molecular weight is 224 g/mol. The summed E-state index contributed by atoms with van der Waals surface area (Å²) in [5.74, 6) is 0.